The second-order valence-electron chi connectivity index (χ2n) is 4.91. The molecule has 20 heavy (non-hydrogen) atoms. The number of carbonyl (C=O) groups is 1. The van der Waals surface area contributed by atoms with Crippen LogP contribution < -0.4 is 0 Å². The zero-order valence-corrected chi connectivity index (χ0v) is 11.9. The van der Waals surface area contributed by atoms with E-state index in [0.29, 0.717) is 0 Å². The van der Waals surface area contributed by atoms with Crippen molar-refractivity contribution < 1.29 is 9.90 Å². The molecular formula is C15H19N3O2. The van der Waals surface area contributed by atoms with Crippen LogP contribution in [0.4, 0.5) is 0 Å². The Morgan fingerprint density at radius 1 is 1.30 bits per heavy atom. The van der Waals surface area contributed by atoms with Gasteiger partial charge in [-0.1, -0.05) is 18.2 Å². The van der Waals surface area contributed by atoms with Gasteiger partial charge >= 0.3 is 5.97 Å². The minimum absolute atomic E-state index is 0.0152. The van der Waals surface area contributed by atoms with Gasteiger partial charge in [-0.2, -0.15) is 5.10 Å². The Morgan fingerprint density at radius 3 is 2.55 bits per heavy atom. The van der Waals surface area contributed by atoms with Crippen LogP contribution in [-0.2, 0) is 4.79 Å². The van der Waals surface area contributed by atoms with Gasteiger partial charge in [0.2, 0.25) is 0 Å². The van der Waals surface area contributed by atoms with E-state index < -0.39 is 12.0 Å². The van der Waals surface area contributed by atoms with Crippen molar-refractivity contribution in [1.29, 1.82) is 0 Å². The molecule has 1 N–H and O–H groups in total. The van der Waals surface area contributed by atoms with Crippen molar-refractivity contribution in [2.45, 2.75) is 25.9 Å². The molecule has 2 atom stereocenters. The number of nitrogens with zero attached hydrogens (tertiary/aromatic N) is 3. The average Bonchev–Trinajstić information content (AvgIpc) is 2.95. The van der Waals surface area contributed by atoms with Crippen LogP contribution in [0, 0.1) is 0 Å². The second-order valence-corrected chi connectivity index (χ2v) is 4.91. The van der Waals surface area contributed by atoms with E-state index in [-0.39, 0.29) is 6.04 Å². The molecule has 0 saturated carbocycles. The van der Waals surface area contributed by atoms with E-state index in [1.54, 1.807) is 17.8 Å². The lowest BCUT2D eigenvalue weighted by atomic mass is 10.1. The summed E-state index contributed by atoms with van der Waals surface area (Å²) in [6.07, 6.45) is 3.72. The quantitative estimate of drug-likeness (QED) is 0.908. The highest BCUT2D eigenvalue weighted by atomic mass is 16.4. The van der Waals surface area contributed by atoms with E-state index in [0.717, 1.165) is 11.3 Å². The number of carboxylic acids is 1. The lowest BCUT2D eigenvalue weighted by molar-refractivity contribution is -0.142. The predicted molar refractivity (Wildman–Crippen MR) is 76.8 cm³/mol. The SMILES string of the molecule is CC(C(=O)O)N(C)C(C)c1cnn(-c2ccccc2)c1. The Kier molecular flexibility index (Phi) is 4.20. The van der Waals surface area contributed by atoms with Crippen molar-refractivity contribution in [3.8, 4) is 5.69 Å². The number of hydrogen-bond acceptors (Lipinski definition) is 3. The van der Waals surface area contributed by atoms with Crippen LogP contribution in [0.1, 0.15) is 25.5 Å². The summed E-state index contributed by atoms with van der Waals surface area (Å²) >= 11 is 0. The van der Waals surface area contributed by atoms with Gasteiger partial charge in [-0.25, -0.2) is 4.68 Å². The Hall–Kier alpha value is -2.14. The monoisotopic (exact) mass is 273 g/mol. The number of aliphatic carboxylic acids is 1. The molecule has 0 aliphatic heterocycles. The van der Waals surface area contributed by atoms with Gasteiger partial charge in [0.05, 0.1) is 11.9 Å². The van der Waals surface area contributed by atoms with Crippen LogP contribution in [0.3, 0.4) is 0 Å². The minimum Gasteiger partial charge on any atom is -0.480 e. The smallest absolute Gasteiger partial charge is 0.320 e. The first kappa shape index (κ1) is 14.3. The van der Waals surface area contributed by atoms with Crippen LogP contribution in [0.25, 0.3) is 5.69 Å². The van der Waals surface area contributed by atoms with Crippen LogP contribution in [0.5, 0.6) is 0 Å². The Morgan fingerprint density at radius 2 is 1.95 bits per heavy atom. The highest BCUT2D eigenvalue weighted by Gasteiger charge is 2.23. The number of carboxylic acid groups (broad SMARTS) is 1. The molecule has 1 aromatic heterocycles. The molecule has 0 amide bonds. The van der Waals surface area contributed by atoms with Gasteiger partial charge in [-0.15, -0.1) is 0 Å². The highest BCUT2D eigenvalue weighted by molar-refractivity contribution is 5.72. The van der Waals surface area contributed by atoms with Gasteiger partial charge in [0.25, 0.3) is 0 Å². The fourth-order valence-electron chi connectivity index (χ4n) is 2.02. The van der Waals surface area contributed by atoms with E-state index in [1.165, 1.54) is 0 Å². The summed E-state index contributed by atoms with van der Waals surface area (Å²) < 4.78 is 1.80. The Labute approximate surface area is 118 Å². The number of aromatic nitrogens is 2. The third-order valence-electron chi connectivity index (χ3n) is 3.68. The van der Waals surface area contributed by atoms with Crippen LogP contribution >= 0.6 is 0 Å². The summed E-state index contributed by atoms with van der Waals surface area (Å²) in [7, 11) is 1.81. The number of likely N-dealkylation sites (N-methyl/N-ethyl adjacent to an activating group) is 1. The maximum Gasteiger partial charge on any atom is 0.320 e. The normalized spacial score (nSPS) is 14.2. The van der Waals surface area contributed by atoms with Gasteiger partial charge in [0.1, 0.15) is 6.04 Å². The molecule has 0 bridgehead atoms. The van der Waals surface area contributed by atoms with Gasteiger partial charge in [0, 0.05) is 17.8 Å². The molecule has 0 aliphatic rings. The molecule has 0 aliphatic carbocycles. The lowest BCUT2D eigenvalue weighted by Crippen LogP contribution is -2.37. The maximum absolute atomic E-state index is 11.0. The molecular weight excluding hydrogens is 254 g/mol. The fraction of sp³-hybridized carbons (Fsp3) is 0.333. The van der Waals surface area contributed by atoms with Crippen LogP contribution in [-0.4, -0.2) is 38.8 Å². The fourth-order valence-corrected chi connectivity index (χ4v) is 2.02. The zero-order valence-electron chi connectivity index (χ0n) is 11.9. The molecule has 0 spiro atoms. The van der Waals surface area contributed by atoms with E-state index in [1.807, 2.05) is 55.4 Å². The van der Waals surface area contributed by atoms with E-state index in [9.17, 15) is 4.79 Å². The molecule has 5 heteroatoms. The largest absolute Gasteiger partial charge is 0.480 e. The van der Waals surface area contributed by atoms with Crippen LogP contribution in [0.2, 0.25) is 0 Å². The summed E-state index contributed by atoms with van der Waals surface area (Å²) in [5.74, 6) is -0.824. The first-order chi connectivity index (χ1) is 9.50. The summed E-state index contributed by atoms with van der Waals surface area (Å²) in [5, 5.41) is 13.4. The van der Waals surface area contributed by atoms with E-state index in [4.69, 9.17) is 5.11 Å². The van der Waals surface area contributed by atoms with Gasteiger partial charge in [-0.3, -0.25) is 9.69 Å². The second kappa shape index (κ2) is 5.88. The molecule has 5 nitrogen and oxygen atoms in total. The Bertz CT molecular complexity index is 580. The third kappa shape index (κ3) is 2.88. The number of para-hydroxylation sites is 1. The minimum atomic E-state index is -0.824. The molecule has 0 saturated heterocycles. The third-order valence-corrected chi connectivity index (χ3v) is 3.68. The first-order valence-corrected chi connectivity index (χ1v) is 6.55. The average molecular weight is 273 g/mol. The molecule has 1 aromatic carbocycles. The first-order valence-electron chi connectivity index (χ1n) is 6.55. The Balaban J connectivity index is 2.18. The molecule has 1 heterocycles. The molecule has 2 rings (SSSR count). The van der Waals surface area contributed by atoms with Gasteiger partial charge in [-0.05, 0) is 33.0 Å². The van der Waals surface area contributed by atoms with Gasteiger partial charge in [0.15, 0.2) is 0 Å². The van der Waals surface area contributed by atoms with Crippen molar-refractivity contribution in [1.82, 2.24) is 14.7 Å². The molecule has 106 valence electrons. The summed E-state index contributed by atoms with van der Waals surface area (Å²) in [5.41, 5.74) is 1.98. The molecule has 0 radical (unpaired) electrons. The number of hydrogen-bond donors (Lipinski definition) is 1. The number of benzene rings is 1. The predicted octanol–water partition coefficient (Wildman–Crippen LogP) is 2.34. The van der Waals surface area contributed by atoms with Crippen molar-refractivity contribution >= 4 is 5.97 Å². The maximum atomic E-state index is 11.0. The van der Waals surface area contributed by atoms with E-state index >= 15 is 0 Å². The molecule has 2 unspecified atom stereocenters. The van der Waals surface area contributed by atoms with Gasteiger partial charge < -0.3 is 5.11 Å². The van der Waals surface area contributed by atoms with Crippen LogP contribution in [0.15, 0.2) is 42.7 Å². The van der Waals surface area contributed by atoms with Crippen molar-refractivity contribution in [3.05, 3.63) is 48.3 Å². The lowest BCUT2D eigenvalue weighted by Gasteiger charge is -2.27. The zero-order chi connectivity index (χ0) is 14.7. The highest BCUT2D eigenvalue weighted by Crippen LogP contribution is 2.21. The number of rotatable bonds is 5. The van der Waals surface area contributed by atoms with Crippen molar-refractivity contribution in [2.24, 2.45) is 0 Å². The topological polar surface area (TPSA) is 58.4 Å². The van der Waals surface area contributed by atoms with Crippen molar-refractivity contribution in [2.75, 3.05) is 7.05 Å². The standard InChI is InChI=1S/C15H19N3O2/c1-11(17(3)12(2)15(19)20)13-9-16-18(10-13)14-7-5-4-6-8-14/h4-12H,1-3H3,(H,19,20). The molecule has 2 aromatic rings. The summed E-state index contributed by atoms with van der Waals surface area (Å²) in [6.45, 7) is 3.66. The summed E-state index contributed by atoms with van der Waals surface area (Å²) in [6, 6.07) is 9.27. The van der Waals surface area contributed by atoms with Crippen molar-refractivity contribution in [3.63, 3.8) is 0 Å². The van der Waals surface area contributed by atoms with E-state index in [2.05, 4.69) is 5.10 Å². The summed E-state index contributed by atoms with van der Waals surface area (Å²) in [4.78, 5) is 12.9. The molecule has 0 fully saturated rings.